The van der Waals surface area contributed by atoms with Gasteiger partial charge in [0.2, 0.25) is 0 Å². The van der Waals surface area contributed by atoms with Gasteiger partial charge < -0.3 is 4.74 Å². The molecule has 1 atom stereocenters. The fourth-order valence-corrected chi connectivity index (χ4v) is 1.74. The molecule has 0 radical (unpaired) electrons. The summed E-state index contributed by atoms with van der Waals surface area (Å²) in [5, 5.41) is 7.45. The zero-order valence-electron chi connectivity index (χ0n) is 7.73. The van der Waals surface area contributed by atoms with Gasteiger partial charge in [0, 0.05) is 6.42 Å². The van der Waals surface area contributed by atoms with E-state index in [0.717, 1.165) is 0 Å². The van der Waals surface area contributed by atoms with Gasteiger partial charge in [-0.15, -0.1) is 10.2 Å². The molecule has 1 aromatic rings. The largest absolute Gasteiger partial charge is 0.467 e. The fourth-order valence-electron chi connectivity index (χ4n) is 1.74. The van der Waals surface area contributed by atoms with E-state index in [1.165, 1.54) is 11.7 Å². The number of esters is 1. The Hall–Kier alpha value is -1.46. The van der Waals surface area contributed by atoms with Gasteiger partial charge in [-0.3, -0.25) is 4.57 Å². The molecule has 1 aromatic heterocycles. The molecule has 0 aliphatic carbocycles. The standard InChI is InChI=1S/C8H10FN3O2/c1-14-8(13)5-2-3-6-10-11-7(4-9)12(5)6/h5H,2-4H2,1H3. The molecule has 14 heavy (non-hydrogen) atoms. The number of methoxy groups -OCH3 is 1. The van der Waals surface area contributed by atoms with Crippen LogP contribution in [0, 0.1) is 0 Å². The molecule has 6 heteroatoms. The van der Waals surface area contributed by atoms with Crippen LogP contribution in [0.3, 0.4) is 0 Å². The van der Waals surface area contributed by atoms with Crippen molar-refractivity contribution >= 4 is 5.97 Å². The molecule has 1 aliphatic heterocycles. The maximum absolute atomic E-state index is 12.5. The summed E-state index contributed by atoms with van der Waals surface area (Å²) in [5.74, 6) is 0.499. The van der Waals surface area contributed by atoms with Gasteiger partial charge >= 0.3 is 5.97 Å². The monoisotopic (exact) mass is 199 g/mol. The van der Waals surface area contributed by atoms with E-state index in [9.17, 15) is 9.18 Å². The van der Waals surface area contributed by atoms with E-state index in [1.54, 1.807) is 0 Å². The van der Waals surface area contributed by atoms with Crippen molar-refractivity contribution in [1.82, 2.24) is 14.8 Å². The molecular weight excluding hydrogens is 189 g/mol. The number of hydrogen-bond acceptors (Lipinski definition) is 4. The quantitative estimate of drug-likeness (QED) is 0.647. The van der Waals surface area contributed by atoms with Gasteiger partial charge in [-0.1, -0.05) is 0 Å². The lowest BCUT2D eigenvalue weighted by atomic mass is 10.2. The lowest BCUT2D eigenvalue weighted by Crippen LogP contribution is -2.19. The minimum absolute atomic E-state index is 0.202. The number of aryl methyl sites for hydroxylation is 1. The average molecular weight is 199 g/mol. The van der Waals surface area contributed by atoms with Crippen LogP contribution in [0.15, 0.2) is 0 Å². The highest BCUT2D eigenvalue weighted by Crippen LogP contribution is 2.27. The van der Waals surface area contributed by atoms with Gasteiger partial charge in [-0.25, -0.2) is 9.18 Å². The molecule has 0 spiro atoms. The van der Waals surface area contributed by atoms with Crippen molar-refractivity contribution in [2.24, 2.45) is 0 Å². The Kier molecular flexibility index (Phi) is 2.18. The maximum Gasteiger partial charge on any atom is 0.328 e. The van der Waals surface area contributed by atoms with Crippen molar-refractivity contribution in [2.75, 3.05) is 7.11 Å². The first-order valence-corrected chi connectivity index (χ1v) is 4.34. The predicted molar refractivity (Wildman–Crippen MR) is 44.2 cm³/mol. The number of carbonyl (C=O) groups excluding carboxylic acids is 1. The average Bonchev–Trinajstić information content (AvgIpc) is 2.76. The summed E-state index contributed by atoms with van der Waals surface area (Å²) in [6.45, 7) is -0.708. The number of carbonyl (C=O) groups is 1. The van der Waals surface area contributed by atoms with E-state index in [0.29, 0.717) is 18.7 Å². The van der Waals surface area contributed by atoms with E-state index in [1.807, 2.05) is 0 Å². The van der Waals surface area contributed by atoms with E-state index >= 15 is 0 Å². The van der Waals surface area contributed by atoms with Crippen molar-refractivity contribution in [2.45, 2.75) is 25.6 Å². The van der Waals surface area contributed by atoms with E-state index in [-0.39, 0.29) is 11.8 Å². The van der Waals surface area contributed by atoms with Gasteiger partial charge in [0.1, 0.15) is 18.5 Å². The molecule has 1 unspecified atom stereocenters. The second-order valence-electron chi connectivity index (χ2n) is 3.11. The highest BCUT2D eigenvalue weighted by molar-refractivity contribution is 5.74. The minimum Gasteiger partial charge on any atom is -0.467 e. The van der Waals surface area contributed by atoms with Crippen molar-refractivity contribution in [3.8, 4) is 0 Å². The van der Waals surface area contributed by atoms with Gasteiger partial charge in [0.25, 0.3) is 0 Å². The van der Waals surface area contributed by atoms with Crippen molar-refractivity contribution in [3.63, 3.8) is 0 Å². The number of alkyl halides is 1. The zero-order valence-corrected chi connectivity index (χ0v) is 7.73. The molecule has 0 aromatic carbocycles. The van der Waals surface area contributed by atoms with Gasteiger partial charge in [0.05, 0.1) is 7.11 Å². The topological polar surface area (TPSA) is 57.0 Å². The third-order valence-electron chi connectivity index (χ3n) is 2.38. The van der Waals surface area contributed by atoms with Crippen LogP contribution in [0.5, 0.6) is 0 Å². The highest BCUT2D eigenvalue weighted by Gasteiger charge is 2.32. The predicted octanol–water partition coefficient (Wildman–Crippen LogP) is 0.408. The number of ether oxygens (including phenoxy) is 1. The second-order valence-corrected chi connectivity index (χ2v) is 3.11. The van der Waals surface area contributed by atoms with Crippen LogP contribution in [0.1, 0.15) is 24.1 Å². The van der Waals surface area contributed by atoms with E-state index < -0.39 is 12.7 Å². The summed E-state index contributed by atoms with van der Waals surface area (Å²) in [6, 6.07) is -0.448. The molecule has 0 saturated carbocycles. The summed E-state index contributed by atoms with van der Waals surface area (Å²) < 4.78 is 18.6. The van der Waals surface area contributed by atoms with Crippen LogP contribution in [0.4, 0.5) is 4.39 Å². The van der Waals surface area contributed by atoms with Crippen LogP contribution < -0.4 is 0 Å². The van der Waals surface area contributed by atoms with Gasteiger partial charge in [-0.05, 0) is 6.42 Å². The molecule has 2 heterocycles. The Morgan fingerprint density at radius 1 is 1.71 bits per heavy atom. The van der Waals surface area contributed by atoms with Crippen LogP contribution >= 0.6 is 0 Å². The van der Waals surface area contributed by atoms with Gasteiger partial charge in [-0.2, -0.15) is 0 Å². The number of aromatic nitrogens is 3. The maximum atomic E-state index is 12.5. The molecule has 0 N–H and O–H groups in total. The first-order valence-electron chi connectivity index (χ1n) is 4.34. The van der Waals surface area contributed by atoms with Crippen LogP contribution in [0.25, 0.3) is 0 Å². The number of nitrogens with zero attached hydrogens (tertiary/aromatic N) is 3. The second kappa shape index (κ2) is 3.36. The number of rotatable bonds is 2. The Morgan fingerprint density at radius 3 is 3.14 bits per heavy atom. The fraction of sp³-hybridized carbons (Fsp3) is 0.625. The number of fused-ring (bicyclic) bond motifs is 1. The van der Waals surface area contributed by atoms with Crippen molar-refractivity contribution < 1.29 is 13.9 Å². The van der Waals surface area contributed by atoms with Crippen LogP contribution in [0.2, 0.25) is 0 Å². The lowest BCUT2D eigenvalue weighted by Gasteiger charge is -2.10. The Balaban J connectivity index is 2.36. The summed E-state index contributed by atoms with van der Waals surface area (Å²) in [7, 11) is 1.32. The van der Waals surface area contributed by atoms with E-state index in [4.69, 9.17) is 0 Å². The molecule has 5 nitrogen and oxygen atoms in total. The molecule has 76 valence electrons. The number of hydrogen-bond donors (Lipinski definition) is 0. The lowest BCUT2D eigenvalue weighted by molar-refractivity contribution is -0.144. The normalized spacial score (nSPS) is 19.4. The SMILES string of the molecule is COC(=O)C1CCc2nnc(CF)n21. The third kappa shape index (κ3) is 1.18. The van der Waals surface area contributed by atoms with Crippen molar-refractivity contribution in [1.29, 1.82) is 0 Å². The molecule has 0 fully saturated rings. The number of halogens is 1. The van der Waals surface area contributed by atoms with Crippen LogP contribution in [-0.4, -0.2) is 27.8 Å². The molecule has 2 rings (SSSR count). The Morgan fingerprint density at radius 2 is 2.50 bits per heavy atom. The molecule has 0 saturated heterocycles. The van der Waals surface area contributed by atoms with Crippen molar-refractivity contribution in [3.05, 3.63) is 11.6 Å². The van der Waals surface area contributed by atoms with Crippen LogP contribution in [-0.2, 0) is 22.6 Å². The smallest absolute Gasteiger partial charge is 0.328 e. The zero-order chi connectivity index (χ0) is 10.1. The molecule has 0 amide bonds. The highest BCUT2D eigenvalue weighted by atomic mass is 19.1. The van der Waals surface area contributed by atoms with Gasteiger partial charge in [0.15, 0.2) is 5.82 Å². The summed E-state index contributed by atoms with van der Waals surface area (Å²) in [5.41, 5.74) is 0. The van der Waals surface area contributed by atoms with E-state index in [2.05, 4.69) is 14.9 Å². The molecular formula is C8H10FN3O2. The first kappa shape index (κ1) is 9.11. The first-order chi connectivity index (χ1) is 6.77. The summed E-state index contributed by atoms with van der Waals surface area (Å²) in [6.07, 6.45) is 1.26. The third-order valence-corrected chi connectivity index (χ3v) is 2.38. The summed E-state index contributed by atoms with van der Waals surface area (Å²) >= 11 is 0. The summed E-state index contributed by atoms with van der Waals surface area (Å²) in [4.78, 5) is 11.3. The molecule has 0 bridgehead atoms. The minimum atomic E-state index is -0.708. The molecule has 1 aliphatic rings. The Labute approximate surface area is 79.9 Å². The Bertz CT molecular complexity index is 363.